The van der Waals surface area contributed by atoms with Crippen molar-refractivity contribution in [2.24, 2.45) is 0 Å². The summed E-state index contributed by atoms with van der Waals surface area (Å²) in [6.45, 7) is 0. The molecular formula is C54H33NS. The van der Waals surface area contributed by atoms with Crippen LogP contribution in [0, 0.1) is 0 Å². The first-order valence-electron chi connectivity index (χ1n) is 19.3. The van der Waals surface area contributed by atoms with Gasteiger partial charge in [0, 0.05) is 37.5 Å². The van der Waals surface area contributed by atoms with Crippen molar-refractivity contribution in [2.45, 2.75) is 0 Å². The molecule has 2 heteroatoms. The number of nitrogens with zero attached hydrogens (tertiary/aromatic N) is 1. The van der Waals surface area contributed by atoms with Crippen LogP contribution in [0.1, 0.15) is 0 Å². The van der Waals surface area contributed by atoms with E-state index in [0.717, 1.165) is 0 Å². The normalized spacial score (nSPS) is 11.9. The molecule has 0 fully saturated rings. The maximum Gasteiger partial charge on any atom is 0.0719 e. The summed E-state index contributed by atoms with van der Waals surface area (Å²) in [5.74, 6) is 0. The highest BCUT2D eigenvalue weighted by Crippen LogP contribution is 2.50. The Balaban J connectivity index is 1.14. The summed E-state index contributed by atoms with van der Waals surface area (Å²) in [7, 11) is 0. The molecule has 1 nitrogen and oxygen atoms in total. The smallest absolute Gasteiger partial charge is 0.0719 e. The van der Waals surface area contributed by atoms with Gasteiger partial charge in [0.05, 0.1) is 15.7 Å². The van der Waals surface area contributed by atoms with E-state index < -0.39 is 0 Å². The van der Waals surface area contributed by atoms with E-state index >= 15 is 0 Å². The van der Waals surface area contributed by atoms with Gasteiger partial charge < -0.3 is 4.57 Å². The molecule has 0 aliphatic rings. The van der Waals surface area contributed by atoms with Crippen molar-refractivity contribution in [1.82, 2.24) is 4.57 Å². The first-order chi connectivity index (χ1) is 27.8. The van der Waals surface area contributed by atoms with E-state index in [4.69, 9.17) is 0 Å². The van der Waals surface area contributed by atoms with Crippen molar-refractivity contribution in [1.29, 1.82) is 0 Å². The largest absolute Gasteiger partial charge is 0.308 e. The van der Waals surface area contributed by atoms with Crippen molar-refractivity contribution < 1.29 is 0 Å². The minimum absolute atomic E-state index is 1.18. The van der Waals surface area contributed by atoms with Crippen LogP contribution in [0.15, 0.2) is 200 Å². The van der Waals surface area contributed by atoms with Gasteiger partial charge in [-0.1, -0.05) is 176 Å². The first-order valence-corrected chi connectivity index (χ1v) is 20.1. The average Bonchev–Trinajstić information content (AvgIpc) is 3.82. The Kier molecular flexibility index (Phi) is 6.87. The molecule has 0 bridgehead atoms. The van der Waals surface area contributed by atoms with Crippen LogP contribution >= 0.6 is 11.3 Å². The predicted octanol–water partition coefficient (Wildman–Crippen LogP) is 15.6. The monoisotopic (exact) mass is 727 g/mol. The molecule has 2 heterocycles. The highest BCUT2D eigenvalue weighted by atomic mass is 32.1. The molecule has 2 aromatic heterocycles. The number of rotatable bonds is 4. The van der Waals surface area contributed by atoms with Crippen molar-refractivity contribution >= 4 is 85.6 Å². The van der Waals surface area contributed by atoms with Crippen molar-refractivity contribution in [3.8, 4) is 39.1 Å². The number of fused-ring (bicyclic) bond motifs is 10. The summed E-state index contributed by atoms with van der Waals surface area (Å²) < 4.78 is 5.11. The van der Waals surface area contributed by atoms with Gasteiger partial charge in [0.15, 0.2) is 0 Å². The van der Waals surface area contributed by atoms with Crippen LogP contribution in [0.5, 0.6) is 0 Å². The summed E-state index contributed by atoms with van der Waals surface area (Å²) in [6, 6.07) is 73.8. The second-order valence-corrected chi connectivity index (χ2v) is 15.8. The Morgan fingerprint density at radius 3 is 1.64 bits per heavy atom. The number of thiophene rings is 1. The molecular weight excluding hydrogens is 695 g/mol. The summed E-state index contributed by atoms with van der Waals surface area (Å²) in [5.41, 5.74) is 11.3. The highest BCUT2D eigenvalue weighted by Gasteiger charge is 2.22. The van der Waals surface area contributed by atoms with E-state index in [-0.39, 0.29) is 0 Å². The Bertz CT molecular complexity index is 3470. The number of hydrogen-bond donors (Lipinski definition) is 0. The summed E-state index contributed by atoms with van der Waals surface area (Å²) in [4.78, 5) is 0. The maximum absolute atomic E-state index is 2.47. The molecule has 12 rings (SSSR count). The molecule has 0 unspecified atom stereocenters. The summed E-state index contributed by atoms with van der Waals surface area (Å²) in [6.07, 6.45) is 0. The van der Waals surface area contributed by atoms with Gasteiger partial charge in [0.25, 0.3) is 0 Å². The second kappa shape index (κ2) is 12.3. The van der Waals surface area contributed by atoms with E-state index in [9.17, 15) is 0 Å². The van der Waals surface area contributed by atoms with Crippen molar-refractivity contribution in [2.75, 3.05) is 0 Å². The lowest BCUT2D eigenvalue weighted by Crippen LogP contribution is -1.92. The Morgan fingerprint density at radius 2 is 0.857 bits per heavy atom. The van der Waals surface area contributed by atoms with E-state index in [1.54, 1.807) is 0 Å². The molecule has 0 aliphatic carbocycles. The van der Waals surface area contributed by atoms with Gasteiger partial charge in [-0.15, -0.1) is 11.3 Å². The summed E-state index contributed by atoms with van der Waals surface area (Å²) >= 11 is 1.93. The zero-order chi connectivity index (χ0) is 36.7. The zero-order valence-electron chi connectivity index (χ0n) is 30.4. The molecule has 12 aromatic rings. The van der Waals surface area contributed by atoms with Gasteiger partial charge in [0.1, 0.15) is 0 Å². The molecule has 0 spiro atoms. The third-order valence-electron chi connectivity index (χ3n) is 11.8. The van der Waals surface area contributed by atoms with Gasteiger partial charge in [0.2, 0.25) is 0 Å². The Morgan fingerprint density at radius 1 is 0.321 bits per heavy atom. The fraction of sp³-hybridized carbons (Fsp3) is 0. The van der Waals surface area contributed by atoms with Crippen LogP contribution < -0.4 is 0 Å². The third kappa shape index (κ3) is 4.54. The fourth-order valence-corrected chi connectivity index (χ4v) is 10.8. The fourth-order valence-electron chi connectivity index (χ4n) is 9.39. The molecule has 0 aliphatic heterocycles. The van der Waals surface area contributed by atoms with E-state index in [0.29, 0.717) is 0 Å². The zero-order valence-corrected chi connectivity index (χ0v) is 31.2. The van der Waals surface area contributed by atoms with Crippen molar-refractivity contribution in [3.05, 3.63) is 200 Å². The molecule has 0 saturated carbocycles. The van der Waals surface area contributed by atoms with Crippen LogP contribution in [0.25, 0.3) is 113 Å². The van der Waals surface area contributed by atoms with Gasteiger partial charge in [-0.2, -0.15) is 0 Å². The molecule has 260 valence electrons. The van der Waals surface area contributed by atoms with Gasteiger partial charge in [-0.05, 0) is 84.4 Å². The lowest BCUT2D eigenvalue weighted by Gasteiger charge is -2.18. The molecule has 0 N–H and O–H groups in total. The number of para-hydroxylation sites is 2. The molecule has 0 atom stereocenters. The average molecular weight is 728 g/mol. The SMILES string of the molecule is c1ccc(-n2c3ccccc3c3ccc4c5cccc(-c6c7ccccc7c(-c7cccc(-c8cccc9ccccc89)c7)c7ccccc67)c5sc4c32)cc1. The molecule has 0 amide bonds. The van der Waals surface area contributed by atoms with Gasteiger partial charge >= 0.3 is 0 Å². The first kappa shape index (κ1) is 31.4. The highest BCUT2D eigenvalue weighted by molar-refractivity contribution is 7.27. The van der Waals surface area contributed by atoms with Crippen LogP contribution in [-0.2, 0) is 0 Å². The van der Waals surface area contributed by atoms with Gasteiger partial charge in [-0.3, -0.25) is 0 Å². The number of aromatic nitrogens is 1. The van der Waals surface area contributed by atoms with Crippen LogP contribution in [0.2, 0.25) is 0 Å². The van der Waals surface area contributed by atoms with E-state index in [1.807, 2.05) is 11.3 Å². The second-order valence-electron chi connectivity index (χ2n) is 14.8. The third-order valence-corrected chi connectivity index (χ3v) is 13.0. The van der Waals surface area contributed by atoms with E-state index in [2.05, 4.69) is 205 Å². The molecule has 0 saturated heterocycles. The minimum atomic E-state index is 1.18. The Hall–Kier alpha value is -7.00. The lowest BCUT2D eigenvalue weighted by molar-refractivity contribution is 1.19. The van der Waals surface area contributed by atoms with Gasteiger partial charge in [-0.25, -0.2) is 0 Å². The quantitative estimate of drug-likeness (QED) is 0.159. The maximum atomic E-state index is 2.47. The lowest BCUT2D eigenvalue weighted by atomic mass is 9.85. The Labute approximate surface area is 327 Å². The number of hydrogen-bond acceptors (Lipinski definition) is 1. The van der Waals surface area contributed by atoms with Crippen molar-refractivity contribution in [3.63, 3.8) is 0 Å². The van der Waals surface area contributed by atoms with Crippen LogP contribution in [0.4, 0.5) is 0 Å². The predicted molar refractivity (Wildman–Crippen MR) is 242 cm³/mol. The minimum Gasteiger partial charge on any atom is -0.308 e. The standard InChI is InChI=1S/C54H33NS/c1-2-19-37(20-3-1)55-49-30-11-10-22-40(49)45-31-32-47-46-28-14-29-48(53(46)56-54(47)52(45)55)51-43-25-8-6-23-41(43)50(42-24-7-9-26-44(42)51)36-18-12-17-35(33-36)39-27-13-16-34-15-4-5-21-38(34)39/h1-33H. The number of benzene rings is 10. The topological polar surface area (TPSA) is 4.93 Å². The molecule has 0 radical (unpaired) electrons. The molecule has 10 aromatic carbocycles. The van der Waals surface area contributed by atoms with Crippen LogP contribution in [0.3, 0.4) is 0 Å². The van der Waals surface area contributed by atoms with Crippen LogP contribution in [-0.4, -0.2) is 4.57 Å². The summed E-state index contributed by atoms with van der Waals surface area (Å²) in [5, 5.41) is 12.8. The van der Waals surface area contributed by atoms with E-state index in [1.165, 1.54) is 113 Å². The molecule has 56 heavy (non-hydrogen) atoms.